The molecule has 96 valence electrons. The molecule has 0 heterocycles. The molecule has 3 aromatic rings. The van der Waals surface area contributed by atoms with Crippen molar-refractivity contribution >= 4 is 10.8 Å². The van der Waals surface area contributed by atoms with Gasteiger partial charge in [-0.3, -0.25) is 0 Å². The van der Waals surface area contributed by atoms with E-state index in [0.29, 0.717) is 0 Å². The average Bonchev–Trinajstić information content (AvgIpc) is 2.40. The highest BCUT2D eigenvalue weighted by molar-refractivity contribution is 5.86. The lowest BCUT2D eigenvalue weighted by Crippen LogP contribution is -1.91. The second-order valence-corrected chi connectivity index (χ2v) is 4.81. The van der Waals surface area contributed by atoms with Gasteiger partial charge in [-0.15, -0.1) is 0 Å². The smallest absolute Gasteiger partial charge is 0.00195 e. The maximum Gasteiger partial charge on any atom is -0.00195 e. The third-order valence-electron chi connectivity index (χ3n) is 3.33. The number of benzene rings is 3. The van der Waals surface area contributed by atoms with Gasteiger partial charge in [0.2, 0.25) is 0 Å². The lowest BCUT2D eigenvalue weighted by molar-refractivity contribution is 1.20. The van der Waals surface area contributed by atoms with Crippen LogP contribution in [0.25, 0.3) is 10.8 Å². The van der Waals surface area contributed by atoms with Crippen LogP contribution in [0.2, 0.25) is 0 Å². The molecule has 0 aliphatic carbocycles. The minimum absolute atomic E-state index is 0. The van der Waals surface area contributed by atoms with E-state index >= 15 is 0 Å². The van der Waals surface area contributed by atoms with E-state index < -0.39 is 0 Å². The minimum Gasteiger partial charge on any atom is -0.344 e. The first-order valence-corrected chi connectivity index (χ1v) is 6.35. The predicted molar refractivity (Wildman–Crippen MR) is 83.0 cm³/mol. The van der Waals surface area contributed by atoms with Gasteiger partial charge >= 0.3 is 0 Å². The van der Waals surface area contributed by atoms with Crippen molar-refractivity contribution in [1.82, 2.24) is 6.15 Å². The lowest BCUT2D eigenvalue weighted by atomic mass is 9.96. The Kier molecular flexibility index (Phi) is 3.98. The van der Waals surface area contributed by atoms with Crippen LogP contribution >= 0.6 is 0 Å². The van der Waals surface area contributed by atoms with Crippen LogP contribution in [0.1, 0.15) is 16.7 Å². The third kappa shape index (κ3) is 2.83. The molecule has 0 saturated heterocycles. The second-order valence-electron chi connectivity index (χ2n) is 4.81. The monoisotopic (exact) mass is 249 g/mol. The van der Waals surface area contributed by atoms with E-state index in [0.717, 1.165) is 6.42 Å². The summed E-state index contributed by atoms with van der Waals surface area (Å²) < 4.78 is 0. The van der Waals surface area contributed by atoms with Gasteiger partial charge in [-0.2, -0.15) is 0 Å². The Morgan fingerprint density at radius 2 is 1.47 bits per heavy atom. The van der Waals surface area contributed by atoms with Gasteiger partial charge in [0.05, 0.1) is 0 Å². The Labute approximate surface area is 114 Å². The maximum absolute atomic E-state index is 2.30. The lowest BCUT2D eigenvalue weighted by Gasteiger charge is -2.08. The molecule has 0 fully saturated rings. The molecule has 0 aromatic heterocycles. The van der Waals surface area contributed by atoms with E-state index in [2.05, 4.69) is 73.7 Å². The summed E-state index contributed by atoms with van der Waals surface area (Å²) in [6.45, 7) is 2.17. The van der Waals surface area contributed by atoms with Crippen LogP contribution in [0.5, 0.6) is 0 Å². The van der Waals surface area contributed by atoms with Crippen molar-refractivity contribution in [3.05, 3.63) is 83.4 Å². The number of aryl methyl sites for hydroxylation is 1. The van der Waals surface area contributed by atoms with Crippen molar-refractivity contribution < 1.29 is 0 Å². The van der Waals surface area contributed by atoms with E-state index in [1.54, 1.807) is 0 Å². The van der Waals surface area contributed by atoms with E-state index in [-0.39, 0.29) is 6.15 Å². The van der Waals surface area contributed by atoms with Crippen LogP contribution in [0.15, 0.2) is 66.7 Å². The van der Waals surface area contributed by atoms with Gasteiger partial charge in [-0.05, 0) is 35.2 Å². The summed E-state index contributed by atoms with van der Waals surface area (Å²) in [5, 5.41) is 2.70. The summed E-state index contributed by atoms with van der Waals surface area (Å²) in [6.07, 6.45) is 1.00. The molecule has 0 amide bonds. The number of rotatable bonds is 2. The van der Waals surface area contributed by atoms with E-state index in [1.807, 2.05) is 0 Å². The first kappa shape index (κ1) is 13.3. The molecule has 3 N–H and O–H groups in total. The molecule has 0 aliphatic heterocycles. The standard InChI is InChI=1S/C18H16.H3N/c1-14-11-16-9-5-6-10-18(16)17(12-14)13-15-7-3-2-4-8-15;/h2-12H,13H2,1H3;1H3. The summed E-state index contributed by atoms with van der Waals surface area (Å²) in [5.41, 5.74) is 4.12. The molecule has 3 rings (SSSR count). The molecular formula is C18H19N. The van der Waals surface area contributed by atoms with Gasteiger partial charge in [0, 0.05) is 0 Å². The predicted octanol–water partition coefficient (Wildman–Crippen LogP) is 4.90. The Balaban J connectivity index is 0.00000133. The molecule has 0 saturated carbocycles. The van der Waals surface area contributed by atoms with Gasteiger partial charge in [0.25, 0.3) is 0 Å². The minimum atomic E-state index is 0. The van der Waals surface area contributed by atoms with Crippen molar-refractivity contribution in [2.45, 2.75) is 13.3 Å². The van der Waals surface area contributed by atoms with Crippen molar-refractivity contribution in [3.63, 3.8) is 0 Å². The fourth-order valence-electron chi connectivity index (χ4n) is 2.52. The van der Waals surface area contributed by atoms with Crippen LogP contribution in [0.4, 0.5) is 0 Å². The first-order chi connectivity index (χ1) is 8.83. The largest absolute Gasteiger partial charge is 0.344 e. The van der Waals surface area contributed by atoms with Gasteiger partial charge in [0.15, 0.2) is 0 Å². The number of fused-ring (bicyclic) bond motifs is 1. The number of hydrogen-bond donors (Lipinski definition) is 1. The Bertz CT molecular complexity index is 672. The fourth-order valence-corrected chi connectivity index (χ4v) is 2.52. The highest BCUT2D eigenvalue weighted by Crippen LogP contribution is 2.23. The first-order valence-electron chi connectivity index (χ1n) is 6.35. The summed E-state index contributed by atoms with van der Waals surface area (Å²) in [7, 11) is 0. The molecule has 0 aliphatic rings. The molecule has 0 atom stereocenters. The van der Waals surface area contributed by atoms with Crippen LogP contribution in [0.3, 0.4) is 0 Å². The van der Waals surface area contributed by atoms with Crippen LogP contribution < -0.4 is 6.15 Å². The van der Waals surface area contributed by atoms with Crippen LogP contribution in [-0.4, -0.2) is 0 Å². The Morgan fingerprint density at radius 1 is 0.789 bits per heavy atom. The highest BCUT2D eigenvalue weighted by Gasteiger charge is 2.03. The second kappa shape index (κ2) is 5.68. The SMILES string of the molecule is Cc1cc(Cc2ccccc2)c2ccccc2c1.N. The molecule has 0 radical (unpaired) electrons. The molecular weight excluding hydrogens is 230 g/mol. The summed E-state index contributed by atoms with van der Waals surface area (Å²) in [6, 6.07) is 23.8. The van der Waals surface area contributed by atoms with Crippen molar-refractivity contribution in [2.75, 3.05) is 0 Å². The van der Waals surface area contributed by atoms with Gasteiger partial charge in [-0.1, -0.05) is 72.3 Å². The molecule has 0 spiro atoms. The molecule has 1 heteroatoms. The van der Waals surface area contributed by atoms with E-state index in [4.69, 9.17) is 0 Å². The highest BCUT2D eigenvalue weighted by atomic mass is 14.1. The van der Waals surface area contributed by atoms with Gasteiger partial charge in [0.1, 0.15) is 0 Å². The van der Waals surface area contributed by atoms with Gasteiger partial charge in [-0.25, -0.2) is 0 Å². The zero-order valence-corrected chi connectivity index (χ0v) is 11.3. The molecule has 1 nitrogen and oxygen atoms in total. The van der Waals surface area contributed by atoms with Crippen molar-refractivity contribution in [3.8, 4) is 0 Å². The number of hydrogen-bond acceptors (Lipinski definition) is 1. The van der Waals surface area contributed by atoms with Crippen molar-refractivity contribution in [2.24, 2.45) is 0 Å². The third-order valence-corrected chi connectivity index (χ3v) is 3.33. The van der Waals surface area contributed by atoms with E-state index in [1.165, 1.54) is 27.5 Å². The zero-order valence-electron chi connectivity index (χ0n) is 11.3. The van der Waals surface area contributed by atoms with E-state index in [9.17, 15) is 0 Å². The Hall–Kier alpha value is -2.12. The summed E-state index contributed by atoms with van der Waals surface area (Å²) >= 11 is 0. The summed E-state index contributed by atoms with van der Waals surface area (Å²) in [5.74, 6) is 0. The van der Waals surface area contributed by atoms with Gasteiger partial charge < -0.3 is 6.15 Å². The average molecular weight is 249 g/mol. The Morgan fingerprint density at radius 3 is 2.26 bits per heavy atom. The molecule has 0 unspecified atom stereocenters. The van der Waals surface area contributed by atoms with Crippen molar-refractivity contribution in [1.29, 1.82) is 0 Å². The normalized spacial score (nSPS) is 10.2. The quantitative estimate of drug-likeness (QED) is 0.688. The summed E-state index contributed by atoms with van der Waals surface area (Å²) in [4.78, 5) is 0. The maximum atomic E-state index is 2.30. The zero-order chi connectivity index (χ0) is 12.4. The van der Waals surface area contributed by atoms with Crippen LogP contribution in [0, 0.1) is 6.92 Å². The molecule has 0 bridgehead atoms. The van der Waals surface area contributed by atoms with Crippen LogP contribution in [-0.2, 0) is 6.42 Å². The fraction of sp³-hybridized carbons (Fsp3) is 0.111. The topological polar surface area (TPSA) is 35.0 Å². The molecule has 3 aromatic carbocycles. The molecule has 19 heavy (non-hydrogen) atoms.